The minimum absolute atomic E-state index is 0.174. The summed E-state index contributed by atoms with van der Waals surface area (Å²) in [6, 6.07) is 1.40. The fourth-order valence-electron chi connectivity index (χ4n) is 3.54. The molecular weight excluding hydrogens is 306 g/mol. The fourth-order valence-corrected chi connectivity index (χ4v) is 3.54. The van der Waals surface area contributed by atoms with Crippen LogP contribution in [-0.4, -0.2) is 58.0 Å². The van der Waals surface area contributed by atoms with Gasteiger partial charge in [0.1, 0.15) is 5.75 Å². The number of pyridine rings is 1. The molecule has 24 heavy (non-hydrogen) atoms. The molecule has 0 bridgehead atoms. The lowest BCUT2D eigenvalue weighted by Crippen LogP contribution is -2.46. The molecule has 1 saturated carbocycles. The smallest absolute Gasteiger partial charge is 0.259 e. The summed E-state index contributed by atoms with van der Waals surface area (Å²) in [7, 11) is 0. The molecule has 0 spiro atoms. The third-order valence-corrected chi connectivity index (χ3v) is 5.13. The molecule has 0 aromatic carbocycles. The first-order valence-electron chi connectivity index (χ1n) is 8.90. The number of aromatic hydroxyl groups is 1. The van der Waals surface area contributed by atoms with Gasteiger partial charge in [-0.05, 0) is 31.1 Å². The highest BCUT2D eigenvalue weighted by molar-refractivity contribution is 5.96. The van der Waals surface area contributed by atoms with Crippen molar-refractivity contribution in [3.05, 3.63) is 28.2 Å². The second kappa shape index (κ2) is 6.97. The summed E-state index contributed by atoms with van der Waals surface area (Å²) in [6.45, 7) is 7.91. The number of amides is 1. The van der Waals surface area contributed by atoms with Crippen molar-refractivity contribution in [1.82, 2.24) is 14.8 Å². The Bertz CT molecular complexity index is 651. The van der Waals surface area contributed by atoms with Crippen molar-refractivity contribution in [3.8, 4) is 5.75 Å². The van der Waals surface area contributed by atoms with Crippen LogP contribution in [-0.2, 0) is 0 Å². The molecule has 132 valence electrons. The maximum atomic E-state index is 12.8. The van der Waals surface area contributed by atoms with Crippen LogP contribution in [0.5, 0.6) is 5.75 Å². The topological polar surface area (TPSA) is 76.6 Å². The summed E-state index contributed by atoms with van der Waals surface area (Å²) >= 11 is 0. The minimum atomic E-state index is -0.407. The summed E-state index contributed by atoms with van der Waals surface area (Å²) in [6.07, 6.45) is 4.91. The third kappa shape index (κ3) is 3.80. The van der Waals surface area contributed by atoms with Gasteiger partial charge in [-0.15, -0.1) is 0 Å². The first-order chi connectivity index (χ1) is 11.5. The van der Waals surface area contributed by atoms with Gasteiger partial charge in [-0.1, -0.05) is 13.8 Å². The van der Waals surface area contributed by atoms with E-state index in [2.05, 4.69) is 23.7 Å². The lowest BCUT2D eigenvalue weighted by molar-refractivity contribution is 0.0701. The van der Waals surface area contributed by atoms with Crippen molar-refractivity contribution in [2.45, 2.75) is 39.2 Å². The molecule has 1 aromatic heterocycles. The first kappa shape index (κ1) is 17.0. The number of H-pyrrole nitrogens is 1. The number of rotatable bonds is 4. The van der Waals surface area contributed by atoms with E-state index in [4.69, 9.17) is 0 Å². The van der Waals surface area contributed by atoms with Crippen molar-refractivity contribution in [2.24, 2.45) is 11.8 Å². The Morgan fingerprint density at radius 2 is 2.12 bits per heavy atom. The molecule has 0 unspecified atom stereocenters. The van der Waals surface area contributed by atoms with E-state index in [1.54, 1.807) is 0 Å². The predicted molar refractivity (Wildman–Crippen MR) is 92.2 cm³/mol. The fraction of sp³-hybridized carbons (Fsp3) is 0.667. The van der Waals surface area contributed by atoms with Crippen LogP contribution in [0.3, 0.4) is 0 Å². The molecule has 1 aliphatic heterocycles. The maximum absolute atomic E-state index is 12.8. The van der Waals surface area contributed by atoms with Crippen molar-refractivity contribution >= 4 is 5.91 Å². The molecule has 0 radical (unpaired) electrons. The molecule has 1 aromatic rings. The standard InChI is InChI=1S/C18H27N3O3/c1-12(2)15-11-21(7-3-6-20(15)10-13-4-5-13)18(24)14-9-19-17(23)8-16(14)22/h8-9,12-13,15H,3-7,10-11H2,1-2H3,(H2,19,22,23)/t15-/m0/s1. The van der Waals surface area contributed by atoms with Crippen LogP contribution < -0.4 is 5.56 Å². The van der Waals surface area contributed by atoms with E-state index in [9.17, 15) is 14.7 Å². The van der Waals surface area contributed by atoms with Gasteiger partial charge < -0.3 is 15.0 Å². The molecule has 1 atom stereocenters. The second-order valence-electron chi connectivity index (χ2n) is 7.45. The molecule has 2 heterocycles. The summed E-state index contributed by atoms with van der Waals surface area (Å²) < 4.78 is 0. The summed E-state index contributed by atoms with van der Waals surface area (Å²) in [5, 5.41) is 9.94. The van der Waals surface area contributed by atoms with E-state index in [-0.39, 0.29) is 17.2 Å². The molecule has 2 fully saturated rings. The van der Waals surface area contributed by atoms with Crippen LogP contribution >= 0.6 is 0 Å². The van der Waals surface area contributed by atoms with Gasteiger partial charge in [0.15, 0.2) is 0 Å². The molecule has 1 amide bonds. The van der Waals surface area contributed by atoms with Crippen molar-refractivity contribution < 1.29 is 9.90 Å². The van der Waals surface area contributed by atoms with E-state index in [0.29, 0.717) is 25.0 Å². The number of hydrogen-bond acceptors (Lipinski definition) is 4. The molecule has 1 saturated heterocycles. The van der Waals surface area contributed by atoms with E-state index in [1.807, 2.05) is 4.90 Å². The van der Waals surface area contributed by atoms with Gasteiger partial charge in [-0.25, -0.2) is 0 Å². The SMILES string of the molecule is CC(C)[C@@H]1CN(C(=O)c2c[nH]c(=O)cc2O)CCCN1CC1CC1. The van der Waals surface area contributed by atoms with Crippen LogP contribution in [0.2, 0.25) is 0 Å². The Kier molecular flexibility index (Phi) is 4.94. The van der Waals surface area contributed by atoms with Crippen molar-refractivity contribution in [2.75, 3.05) is 26.2 Å². The number of carbonyl (C=O) groups excluding carboxylic acids is 1. The van der Waals surface area contributed by atoms with Gasteiger partial charge in [0.25, 0.3) is 11.5 Å². The van der Waals surface area contributed by atoms with E-state index >= 15 is 0 Å². The number of nitrogens with one attached hydrogen (secondary N) is 1. The zero-order chi connectivity index (χ0) is 17.3. The zero-order valence-corrected chi connectivity index (χ0v) is 14.5. The molecule has 6 nitrogen and oxygen atoms in total. The van der Waals surface area contributed by atoms with E-state index in [1.165, 1.54) is 19.0 Å². The third-order valence-electron chi connectivity index (χ3n) is 5.13. The molecule has 6 heteroatoms. The number of carbonyl (C=O) groups is 1. The second-order valence-corrected chi connectivity index (χ2v) is 7.45. The lowest BCUT2D eigenvalue weighted by atomic mass is 10.0. The lowest BCUT2D eigenvalue weighted by Gasteiger charge is -2.34. The Morgan fingerprint density at radius 1 is 1.38 bits per heavy atom. The Morgan fingerprint density at radius 3 is 2.75 bits per heavy atom. The largest absolute Gasteiger partial charge is 0.507 e. The molecule has 2 aliphatic rings. The van der Waals surface area contributed by atoms with Gasteiger partial charge in [0, 0.05) is 44.5 Å². The number of hydrogen-bond donors (Lipinski definition) is 2. The first-order valence-corrected chi connectivity index (χ1v) is 8.90. The summed E-state index contributed by atoms with van der Waals surface area (Å²) in [5.74, 6) is 0.838. The van der Waals surface area contributed by atoms with E-state index in [0.717, 1.165) is 31.5 Å². The average molecular weight is 333 g/mol. The molecule has 2 N–H and O–H groups in total. The minimum Gasteiger partial charge on any atom is -0.507 e. The van der Waals surface area contributed by atoms with Gasteiger partial charge in [0.05, 0.1) is 5.56 Å². The highest BCUT2D eigenvalue weighted by Gasteiger charge is 2.33. The number of aromatic amines is 1. The van der Waals surface area contributed by atoms with Crippen LogP contribution in [0.1, 0.15) is 43.5 Å². The van der Waals surface area contributed by atoms with Crippen LogP contribution in [0.25, 0.3) is 0 Å². The summed E-state index contributed by atoms with van der Waals surface area (Å²) in [4.78, 5) is 30.9. The van der Waals surface area contributed by atoms with Gasteiger partial charge >= 0.3 is 0 Å². The Balaban J connectivity index is 1.77. The molecule has 3 rings (SSSR count). The monoisotopic (exact) mass is 333 g/mol. The summed E-state index contributed by atoms with van der Waals surface area (Å²) in [5.41, 5.74) is -0.233. The Labute approximate surface area is 142 Å². The van der Waals surface area contributed by atoms with Crippen LogP contribution in [0, 0.1) is 11.8 Å². The van der Waals surface area contributed by atoms with Crippen LogP contribution in [0.4, 0.5) is 0 Å². The van der Waals surface area contributed by atoms with Crippen LogP contribution in [0.15, 0.2) is 17.1 Å². The zero-order valence-electron chi connectivity index (χ0n) is 14.5. The van der Waals surface area contributed by atoms with Crippen molar-refractivity contribution in [3.63, 3.8) is 0 Å². The van der Waals surface area contributed by atoms with Gasteiger partial charge in [-0.3, -0.25) is 14.5 Å². The highest BCUT2D eigenvalue weighted by atomic mass is 16.3. The molecular formula is C18H27N3O3. The average Bonchev–Trinajstić information content (AvgIpc) is 3.34. The highest BCUT2D eigenvalue weighted by Crippen LogP contribution is 2.32. The quantitative estimate of drug-likeness (QED) is 0.879. The predicted octanol–water partition coefficient (Wildman–Crippen LogP) is 1.66. The van der Waals surface area contributed by atoms with Crippen molar-refractivity contribution in [1.29, 1.82) is 0 Å². The number of nitrogens with zero attached hydrogens (tertiary/aromatic N) is 2. The van der Waals surface area contributed by atoms with Gasteiger partial charge in [-0.2, -0.15) is 0 Å². The molecule has 1 aliphatic carbocycles. The van der Waals surface area contributed by atoms with E-state index < -0.39 is 5.56 Å². The van der Waals surface area contributed by atoms with Gasteiger partial charge in [0.2, 0.25) is 0 Å². The Hall–Kier alpha value is -1.82. The normalized spacial score (nSPS) is 22.6. The number of aromatic nitrogens is 1. The maximum Gasteiger partial charge on any atom is 0.259 e.